The number of rotatable bonds is 4. The molecule has 1 aliphatic rings. The Hall–Kier alpha value is -1.21. The Labute approximate surface area is 145 Å². The van der Waals surface area contributed by atoms with Crippen molar-refractivity contribution in [1.29, 1.82) is 0 Å². The van der Waals surface area contributed by atoms with E-state index >= 15 is 0 Å². The molecule has 1 N–H and O–H groups in total. The molecule has 1 aliphatic heterocycles. The minimum atomic E-state index is 0.000812. The van der Waals surface area contributed by atoms with Gasteiger partial charge in [0.1, 0.15) is 5.00 Å². The number of likely N-dealkylation sites (N-methyl/N-ethyl adjacent to an activating group) is 1. The van der Waals surface area contributed by atoms with Crippen LogP contribution in [0.4, 0.5) is 5.00 Å². The highest BCUT2D eigenvalue weighted by molar-refractivity contribution is 7.17. The van der Waals surface area contributed by atoms with Crippen LogP contribution >= 0.6 is 22.7 Å². The van der Waals surface area contributed by atoms with Crippen LogP contribution in [0.2, 0.25) is 0 Å². The number of hydrogen-bond acceptors (Lipinski definition) is 5. The molecule has 0 bridgehead atoms. The average molecular weight is 350 g/mol. The van der Waals surface area contributed by atoms with Gasteiger partial charge in [-0.1, -0.05) is 6.07 Å². The number of nitrogens with zero attached hydrogens (tertiary/aromatic N) is 2. The average Bonchev–Trinajstić information content (AvgIpc) is 3.14. The molecule has 0 spiro atoms. The number of piperazine rings is 1. The van der Waals surface area contributed by atoms with E-state index in [2.05, 4.69) is 36.0 Å². The zero-order chi connectivity index (χ0) is 16.4. The van der Waals surface area contributed by atoms with E-state index in [0.717, 1.165) is 42.6 Å². The van der Waals surface area contributed by atoms with Crippen LogP contribution in [-0.2, 0) is 6.54 Å². The highest BCUT2D eigenvalue weighted by Gasteiger charge is 2.20. The van der Waals surface area contributed by atoms with Gasteiger partial charge in [0.05, 0.1) is 4.88 Å². The van der Waals surface area contributed by atoms with E-state index < -0.39 is 0 Å². The van der Waals surface area contributed by atoms with Crippen LogP contribution in [0.3, 0.4) is 0 Å². The van der Waals surface area contributed by atoms with Gasteiger partial charge in [-0.15, -0.1) is 22.7 Å². The van der Waals surface area contributed by atoms with Crippen LogP contribution in [0.5, 0.6) is 0 Å². The van der Waals surface area contributed by atoms with Crippen molar-refractivity contribution < 1.29 is 4.79 Å². The molecule has 2 aromatic heterocycles. The number of nitrogens with one attached hydrogen (secondary N) is 1. The van der Waals surface area contributed by atoms with Crippen molar-refractivity contribution in [2.75, 3.05) is 38.5 Å². The highest BCUT2D eigenvalue weighted by atomic mass is 32.1. The van der Waals surface area contributed by atoms with Crippen LogP contribution in [0.25, 0.3) is 0 Å². The predicted octanol–water partition coefficient (Wildman–Crippen LogP) is 3.43. The Morgan fingerprint density at radius 2 is 2.00 bits per heavy atom. The molecule has 1 fully saturated rings. The normalized spacial score (nSPS) is 16.7. The molecule has 0 atom stereocenters. The van der Waals surface area contributed by atoms with Gasteiger partial charge < -0.3 is 10.2 Å². The predicted molar refractivity (Wildman–Crippen MR) is 98.8 cm³/mol. The summed E-state index contributed by atoms with van der Waals surface area (Å²) in [6.45, 7) is 9.61. The Bertz CT molecular complexity index is 670. The van der Waals surface area contributed by atoms with Crippen molar-refractivity contribution in [3.63, 3.8) is 0 Å². The van der Waals surface area contributed by atoms with Crippen LogP contribution in [0, 0.1) is 13.8 Å². The fourth-order valence-corrected chi connectivity index (χ4v) is 4.45. The van der Waals surface area contributed by atoms with Gasteiger partial charge in [-0.3, -0.25) is 9.69 Å². The lowest BCUT2D eigenvalue weighted by Crippen LogP contribution is -2.44. The van der Waals surface area contributed by atoms with Crippen molar-refractivity contribution in [3.8, 4) is 0 Å². The second-order valence-electron chi connectivity index (χ2n) is 6.10. The van der Waals surface area contributed by atoms with E-state index in [1.165, 1.54) is 27.3 Å². The molecule has 0 aromatic carbocycles. The molecular weight excluding hydrogens is 326 g/mol. The fraction of sp³-hybridized carbons (Fsp3) is 0.471. The molecule has 6 heteroatoms. The fourth-order valence-electron chi connectivity index (χ4n) is 2.77. The van der Waals surface area contributed by atoms with Crippen molar-refractivity contribution in [1.82, 2.24) is 9.80 Å². The lowest BCUT2D eigenvalue weighted by Gasteiger charge is -2.32. The monoisotopic (exact) mass is 349 g/mol. The van der Waals surface area contributed by atoms with Gasteiger partial charge in [0.25, 0.3) is 5.91 Å². The largest absolute Gasteiger partial charge is 0.313 e. The Balaban J connectivity index is 1.75. The molecule has 124 valence electrons. The van der Waals surface area contributed by atoms with E-state index in [9.17, 15) is 4.79 Å². The molecule has 0 radical (unpaired) electrons. The Morgan fingerprint density at radius 1 is 1.26 bits per heavy atom. The van der Waals surface area contributed by atoms with Crippen molar-refractivity contribution in [3.05, 3.63) is 38.4 Å². The lowest BCUT2D eigenvalue weighted by molar-refractivity contribution is 0.103. The third-order valence-electron chi connectivity index (χ3n) is 4.46. The number of anilines is 1. The highest BCUT2D eigenvalue weighted by Crippen LogP contribution is 2.34. The minimum Gasteiger partial charge on any atom is -0.313 e. The maximum absolute atomic E-state index is 12.4. The summed E-state index contributed by atoms with van der Waals surface area (Å²) in [5.74, 6) is 0.000812. The SMILES string of the molecule is Cc1sc(NC(=O)c2cccs2)c(CN2CCN(C)CC2)c1C. The summed E-state index contributed by atoms with van der Waals surface area (Å²) in [6.07, 6.45) is 0. The molecule has 3 heterocycles. The van der Waals surface area contributed by atoms with Crippen molar-refractivity contribution in [2.24, 2.45) is 0 Å². The van der Waals surface area contributed by atoms with Gasteiger partial charge in [0.2, 0.25) is 0 Å². The topological polar surface area (TPSA) is 35.6 Å². The molecule has 2 aromatic rings. The van der Waals surface area contributed by atoms with Crippen LogP contribution in [-0.4, -0.2) is 48.9 Å². The van der Waals surface area contributed by atoms with Crippen LogP contribution < -0.4 is 5.32 Å². The Morgan fingerprint density at radius 3 is 2.65 bits per heavy atom. The van der Waals surface area contributed by atoms with Crippen LogP contribution in [0.1, 0.15) is 25.7 Å². The standard InChI is InChI=1S/C17H23N3OS2/c1-12-13(2)23-17(18-16(21)15-5-4-10-22-15)14(12)11-20-8-6-19(3)7-9-20/h4-5,10H,6-9,11H2,1-3H3,(H,18,21). The Kier molecular flexibility index (Phi) is 5.16. The first-order valence-electron chi connectivity index (χ1n) is 7.89. The maximum atomic E-state index is 12.4. The molecule has 1 amide bonds. The van der Waals surface area contributed by atoms with Gasteiger partial charge in [-0.2, -0.15) is 0 Å². The summed E-state index contributed by atoms with van der Waals surface area (Å²) >= 11 is 3.17. The third kappa shape index (κ3) is 3.83. The first-order valence-corrected chi connectivity index (χ1v) is 9.59. The minimum absolute atomic E-state index is 0.000812. The van der Waals surface area contributed by atoms with E-state index in [4.69, 9.17) is 0 Å². The van der Waals surface area contributed by atoms with Crippen LogP contribution in [0.15, 0.2) is 17.5 Å². The summed E-state index contributed by atoms with van der Waals surface area (Å²) in [6, 6.07) is 3.78. The number of carbonyl (C=O) groups is 1. The lowest BCUT2D eigenvalue weighted by atomic mass is 10.1. The van der Waals surface area contributed by atoms with E-state index in [1.807, 2.05) is 17.5 Å². The van der Waals surface area contributed by atoms with E-state index in [1.54, 1.807) is 11.3 Å². The third-order valence-corrected chi connectivity index (χ3v) is 6.49. The smallest absolute Gasteiger partial charge is 0.266 e. The first-order chi connectivity index (χ1) is 11.0. The second kappa shape index (κ2) is 7.13. The molecule has 0 aliphatic carbocycles. The van der Waals surface area contributed by atoms with Crippen molar-refractivity contribution in [2.45, 2.75) is 20.4 Å². The van der Waals surface area contributed by atoms with Gasteiger partial charge >= 0.3 is 0 Å². The van der Waals surface area contributed by atoms with Gasteiger partial charge in [0.15, 0.2) is 0 Å². The summed E-state index contributed by atoms with van der Waals surface area (Å²) in [7, 11) is 2.17. The number of aryl methyl sites for hydroxylation is 1. The molecule has 0 saturated carbocycles. The number of carbonyl (C=O) groups excluding carboxylic acids is 1. The summed E-state index contributed by atoms with van der Waals surface area (Å²) in [5, 5.41) is 6.07. The molecular formula is C17H23N3OS2. The summed E-state index contributed by atoms with van der Waals surface area (Å²) < 4.78 is 0. The van der Waals surface area contributed by atoms with Crippen molar-refractivity contribution >= 4 is 33.6 Å². The van der Waals surface area contributed by atoms with E-state index in [-0.39, 0.29) is 5.91 Å². The first kappa shape index (κ1) is 16.6. The molecule has 4 nitrogen and oxygen atoms in total. The molecule has 23 heavy (non-hydrogen) atoms. The zero-order valence-corrected chi connectivity index (χ0v) is 15.5. The quantitative estimate of drug-likeness (QED) is 0.919. The summed E-state index contributed by atoms with van der Waals surface area (Å²) in [5.41, 5.74) is 2.59. The molecule has 1 saturated heterocycles. The maximum Gasteiger partial charge on any atom is 0.266 e. The number of hydrogen-bond donors (Lipinski definition) is 1. The zero-order valence-electron chi connectivity index (χ0n) is 13.9. The summed E-state index contributed by atoms with van der Waals surface area (Å²) in [4.78, 5) is 19.3. The molecule has 3 rings (SSSR count). The second-order valence-corrected chi connectivity index (χ2v) is 8.27. The van der Waals surface area contributed by atoms with E-state index in [0.29, 0.717) is 0 Å². The van der Waals surface area contributed by atoms with Gasteiger partial charge in [0, 0.05) is 43.2 Å². The molecule has 0 unspecified atom stereocenters. The van der Waals surface area contributed by atoms with Gasteiger partial charge in [-0.05, 0) is 37.9 Å². The van der Waals surface area contributed by atoms with Gasteiger partial charge in [-0.25, -0.2) is 0 Å². The number of amides is 1. The number of thiophene rings is 2.